The lowest BCUT2D eigenvalue weighted by atomic mass is 10.6. The number of hydrogen-bond donors (Lipinski definition) is 2. The number of ether oxygens (including phenoxy) is 1. The molecule has 0 saturated heterocycles. The van der Waals surface area contributed by atoms with Crippen LogP contribution in [0, 0.1) is 0 Å². The van der Waals surface area contributed by atoms with Crippen LogP contribution in [0.25, 0.3) is 0 Å². The molecule has 0 aliphatic carbocycles. The predicted octanol–water partition coefficient (Wildman–Crippen LogP) is -0.140. The molecule has 0 rings (SSSR count). The molecule has 0 bridgehead atoms. The summed E-state index contributed by atoms with van der Waals surface area (Å²) in [6.07, 6.45) is 0. The number of rotatable bonds is 10. The van der Waals surface area contributed by atoms with E-state index >= 15 is 0 Å². The maximum absolute atomic E-state index is 12.0. The molecule has 7 nitrogen and oxygen atoms in total. The standard InChI is InChI=1S/C12H28N4O3S/c1-5-13-12(14-8-10-19-4)15-9-11-20(17,18)16(6-2)7-3/h5-11H2,1-4H3,(H2,13,14,15). The highest BCUT2D eigenvalue weighted by Gasteiger charge is 2.18. The van der Waals surface area contributed by atoms with Crippen LogP contribution >= 0.6 is 0 Å². The first-order valence-corrected chi connectivity index (χ1v) is 8.61. The molecule has 0 saturated carbocycles. The Morgan fingerprint density at radius 1 is 1.20 bits per heavy atom. The van der Waals surface area contributed by atoms with Gasteiger partial charge in [0.05, 0.1) is 18.9 Å². The van der Waals surface area contributed by atoms with Gasteiger partial charge in [-0.1, -0.05) is 13.8 Å². The van der Waals surface area contributed by atoms with Crippen LogP contribution in [-0.2, 0) is 14.8 Å². The summed E-state index contributed by atoms with van der Waals surface area (Å²) in [5.74, 6) is 0.669. The summed E-state index contributed by atoms with van der Waals surface area (Å²) in [6, 6.07) is 0. The van der Waals surface area contributed by atoms with E-state index in [-0.39, 0.29) is 5.75 Å². The maximum Gasteiger partial charge on any atom is 0.215 e. The fourth-order valence-corrected chi connectivity index (χ4v) is 3.04. The van der Waals surface area contributed by atoms with Gasteiger partial charge in [-0.05, 0) is 6.92 Å². The minimum absolute atomic E-state index is 0.0589. The minimum Gasteiger partial charge on any atom is -0.383 e. The smallest absolute Gasteiger partial charge is 0.215 e. The molecule has 0 aromatic rings. The Hall–Kier alpha value is -0.860. The van der Waals surface area contributed by atoms with Gasteiger partial charge in [-0.15, -0.1) is 0 Å². The Bertz CT molecular complexity index is 367. The number of guanidine groups is 1. The number of nitrogens with one attached hydrogen (secondary N) is 2. The van der Waals surface area contributed by atoms with Crippen molar-refractivity contribution in [2.75, 3.05) is 52.2 Å². The van der Waals surface area contributed by atoms with Gasteiger partial charge in [0.2, 0.25) is 10.0 Å². The molecule has 0 aliphatic rings. The molecule has 0 fully saturated rings. The second-order valence-electron chi connectivity index (χ2n) is 4.08. The Kier molecular flexibility index (Phi) is 10.4. The first-order chi connectivity index (χ1) is 9.51. The Balaban J connectivity index is 4.32. The summed E-state index contributed by atoms with van der Waals surface area (Å²) in [7, 11) is -1.58. The zero-order valence-electron chi connectivity index (χ0n) is 13.0. The van der Waals surface area contributed by atoms with Crippen molar-refractivity contribution in [3.05, 3.63) is 0 Å². The van der Waals surface area contributed by atoms with Gasteiger partial charge in [-0.2, -0.15) is 0 Å². The summed E-state index contributed by atoms with van der Waals surface area (Å²) in [5, 5.41) is 6.08. The first-order valence-electron chi connectivity index (χ1n) is 7.00. The van der Waals surface area contributed by atoms with Gasteiger partial charge < -0.3 is 15.4 Å². The first kappa shape index (κ1) is 19.1. The lowest BCUT2D eigenvalue weighted by Gasteiger charge is -2.19. The zero-order valence-corrected chi connectivity index (χ0v) is 13.8. The van der Waals surface area contributed by atoms with Gasteiger partial charge in [-0.25, -0.2) is 12.7 Å². The topological polar surface area (TPSA) is 83.0 Å². The van der Waals surface area contributed by atoms with E-state index < -0.39 is 10.0 Å². The SMILES string of the molecule is CCNC(=NCCOC)NCCS(=O)(=O)N(CC)CC. The van der Waals surface area contributed by atoms with Crippen molar-refractivity contribution in [1.82, 2.24) is 14.9 Å². The van der Waals surface area contributed by atoms with E-state index in [0.717, 1.165) is 6.54 Å². The summed E-state index contributed by atoms with van der Waals surface area (Å²) in [4.78, 5) is 4.27. The summed E-state index contributed by atoms with van der Waals surface area (Å²) >= 11 is 0. The minimum atomic E-state index is -3.19. The molecule has 0 aromatic carbocycles. The van der Waals surface area contributed by atoms with Crippen molar-refractivity contribution in [1.29, 1.82) is 0 Å². The highest BCUT2D eigenvalue weighted by Crippen LogP contribution is 1.99. The molecule has 2 N–H and O–H groups in total. The van der Waals surface area contributed by atoms with Gasteiger partial charge in [0.1, 0.15) is 0 Å². The van der Waals surface area contributed by atoms with E-state index in [1.54, 1.807) is 7.11 Å². The van der Waals surface area contributed by atoms with Gasteiger partial charge in [0.25, 0.3) is 0 Å². The quantitative estimate of drug-likeness (QED) is 0.333. The van der Waals surface area contributed by atoms with Crippen LogP contribution < -0.4 is 10.6 Å². The van der Waals surface area contributed by atoms with Gasteiger partial charge in [-0.3, -0.25) is 4.99 Å². The highest BCUT2D eigenvalue weighted by molar-refractivity contribution is 7.89. The molecule has 0 aliphatic heterocycles. The van der Waals surface area contributed by atoms with E-state index in [2.05, 4.69) is 15.6 Å². The van der Waals surface area contributed by atoms with Gasteiger partial charge in [0, 0.05) is 33.3 Å². The molecule has 120 valence electrons. The number of nitrogens with zero attached hydrogens (tertiary/aromatic N) is 2. The Labute approximate surface area is 122 Å². The van der Waals surface area contributed by atoms with E-state index in [1.807, 2.05) is 20.8 Å². The maximum atomic E-state index is 12.0. The van der Waals surface area contributed by atoms with Crippen molar-refractivity contribution < 1.29 is 13.2 Å². The van der Waals surface area contributed by atoms with Crippen LogP contribution in [0.2, 0.25) is 0 Å². The summed E-state index contributed by atoms with van der Waals surface area (Å²) < 4.78 is 30.4. The lowest BCUT2D eigenvalue weighted by Crippen LogP contribution is -2.42. The summed E-state index contributed by atoms with van der Waals surface area (Å²) in [6.45, 7) is 8.76. The third-order valence-corrected chi connectivity index (χ3v) is 4.68. The molecule has 8 heteroatoms. The van der Waals surface area contributed by atoms with Crippen LogP contribution in [0.15, 0.2) is 4.99 Å². The number of aliphatic imine (C=N–C) groups is 1. The van der Waals surface area contributed by atoms with Crippen LogP contribution in [-0.4, -0.2) is 70.9 Å². The van der Waals surface area contributed by atoms with Crippen molar-refractivity contribution in [2.24, 2.45) is 4.99 Å². The molecular formula is C12H28N4O3S. The largest absolute Gasteiger partial charge is 0.383 e. The monoisotopic (exact) mass is 308 g/mol. The molecule has 0 unspecified atom stereocenters. The third kappa shape index (κ3) is 7.66. The van der Waals surface area contributed by atoms with Crippen molar-refractivity contribution >= 4 is 16.0 Å². The molecular weight excluding hydrogens is 280 g/mol. The number of methoxy groups -OCH3 is 1. The highest BCUT2D eigenvalue weighted by atomic mass is 32.2. The van der Waals surface area contributed by atoms with Crippen molar-refractivity contribution in [2.45, 2.75) is 20.8 Å². The van der Waals surface area contributed by atoms with Gasteiger partial charge in [0.15, 0.2) is 5.96 Å². The van der Waals surface area contributed by atoms with E-state index in [4.69, 9.17) is 4.74 Å². The predicted molar refractivity (Wildman–Crippen MR) is 82.6 cm³/mol. The third-order valence-electron chi connectivity index (χ3n) is 2.66. The van der Waals surface area contributed by atoms with Crippen LogP contribution in [0.4, 0.5) is 0 Å². The second kappa shape index (κ2) is 10.9. The fraction of sp³-hybridized carbons (Fsp3) is 0.917. The van der Waals surface area contributed by atoms with E-state index in [1.165, 1.54) is 4.31 Å². The Morgan fingerprint density at radius 2 is 1.85 bits per heavy atom. The zero-order chi connectivity index (χ0) is 15.4. The molecule has 0 radical (unpaired) electrons. The van der Waals surface area contributed by atoms with E-state index in [9.17, 15) is 8.42 Å². The molecule has 0 aromatic heterocycles. The van der Waals surface area contributed by atoms with Crippen LogP contribution in [0.5, 0.6) is 0 Å². The second-order valence-corrected chi connectivity index (χ2v) is 6.17. The van der Waals surface area contributed by atoms with Crippen molar-refractivity contribution in [3.8, 4) is 0 Å². The molecule has 0 atom stereocenters. The lowest BCUT2D eigenvalue weighted by molar-refractivity contribution is 0.208. The van der Waals surface area contributed by atoms with Crippen LogP contribution in [0.1, 0.15) is 20.8 Å². The average Bonchev–Trinajstić information content (AvgIpc) is 2.39. The fourth-order valence-electron chi connectivity index (χ4n) is 1.63. The van der Waals surface area contributed by atoms with E-state index in [0.29, 0.717) is 38.7 Å². The van der Waals surface area contributed by atoms with Gasteiger partial charge >= 0.3 is 0 Å². The molecule has 0 spiro atoms. The normalized spacial score (nSPS) is 12.8. The van der Waals surface area contributed by atoms with Crippen molar-refractivity contribution in [3.63, 3.8) is 0 Å². The number of sulfonamides is 1. The molecule has 0 amide bonds. The summed E-state index contributed by atoms with van der Waals surface area (Å²) in [5.41, 5.74) is 0. The van der Waals surface area contributed by atoms with Crippen LogP contribution in [0.3, 0.4) is 0 Å². The molecule has 0 heterocycles. The average molecular weight is 308 g/mol. The number of hydrogen-bond acceptors (Lipinski definition) is 4. The molecule has 20 heavy (non-hydrogen) atoms. The Morgan fingerprint density at radius 3 is 2.35 bits per heavy atom.